The highest BCUT2D eigenvalue weighted by Crippen LogP contribution is 2.31. The van der Waals surface area contributed by atoms with E-state index in [2.05, 4.69) is 31.3 Å². The Bertz CT molecular complexity index is 1280. The van der Waals surface area contributed by atoms with Crippen molar-refractivity contribution in [3.63, 3.8) is 0 Å². The number of carbonyl (C=O) groups excluding carboxylic acids is 1. The maximum absolute atomic E-state index is 13.1. The molecule has 3 aromatic rings. The Labute approximate surface area is 199 Å². The number of nitrogens with zero attached hydrogens (tertiary/aromatic N) is 5. The van der Waals surface area contributed by atoms with Crippen LogP contribution in [0.3, 0.4) is 0 Å². The van der Waals surface area contributed by atoms with Crippen LogP contribution >= 0.6 is 0 Å². The average Bonchev–Trinajstić information content (AvgIpc) is 3.29. The lowest BCUT2D eigenvalue weighted by Gasteiger charge is -2.29. The lowest BCUT2D eigenvalue weighted by atomic mass is 9.98. The van der Waals surface area contributed by atoms with Crippen molar-refractivity contribution in [3.05, 3.63) is 47.9 Å². The van der Waals surface area contributed by atoms with Gasteiger partial charge in [0.1, 0.15) is 11.2 Å². The number of aromatic nitrogens is 4. The van der Waals surface area contributed by atoms with E-state index in [1.165, 1.54) is 6.20 Å². The largest absolute Gasteiger partial charge is 0.416 e. The first-order valence-electron chi connectivity index (χ1n) is 11.3. The van der Waals surface area contributed by atoms with Gasteiger partial charge in [-0.1, -0.05) is 13.0 Å². The van der Waals surface area contributed by atoms with Crippen molar-refractivity contribution >= 4 is 22.8 Å². The molecule has 1 amide bonds. The molecule has 0 spiro atoms. The minimum Gasteiger partial charge on any atom is -0.376 e. The summed E-state index contributed by atoms with van der Waals surface area (Å²) in [5, 5.41) is 12.2. The van der Waals surface area contributed by atoms with Crippen molar-refractivity contribution in [2.24, 2.45) is 5.92 Å². The zero-order chi connectivity index (χ0) is 25.0. The molecule has 35 heavy (non-hydrogen) atoms. The quantitative estimate of drug-likeness (QED) is 0.545. The zero-order valence-electron chi connectivity index (χ0n) is 19.1. The number of allylic oxidation sites excluding steroid dienone is 1. The van der Waals surface area contributed by atoms with Gasteiger partial charge in [0.15, 0.2) is 5.65 Å². The van der Waals surface area contributed by atoms with Gasteiger partial charge in [0.05, 0.1) is 30.1 Å². The summed E-state index contributed by atoms with van der Waals surface area (Å²) in [6.45, 7) is 3.13. The number of likely N-dealkylation sites (tertiary alicyclic amines) is 1. The Hall–Kier alpha value is -3.94. The molecule has 0 aromatic carbocycles. The second kappa shape index (κ2) is 10.1. The summed E-state index contributed by atoms with van der Waals surface area (Å²) in [6, 6.07) is 4.10. The van der Waals surface area contributed by atoms with Crippen molar-refractivity contribution in [1.82, 2.24) is 30.2 Å². The van der Waals surface area contributed by atoms with Crippen LogP contribution in [0.1, 0.15) is 37.3 Å². The molecule has 11 heteroatoms. The third-order valence-electron chi connectivity index (χ3n) is 5.89. The van der Waals surface area contributed by atoms with Crippen LogP contribution in [-0.2, 0) is 11.0 Å². The van der Waals surface area contributed by atoms with E-state index in [0.717, 1.165) is 18.3 Å². The van der Waals surface area contributed by atoms with E-state index in [-0.39, 0.29) is 29.8 Å². The van der Waals surface area contributed by atoms with Crippen molar-refractivity contribution in [1.29, 1.82) is 5.26 Å². The molecule has 0 unspecified atom stereocenters. The van der Waals surface area contributed by atoms with Crippen LogP contribution in [0, 0.1) is 17.2 Å². The van der Waals surface area contributed by atoms with Gasteiger partial charge in [0, 0.05) is 42.7 Å². The van der Waals surface area contributed by atoms with Crippen LogP contribution < -0.4 is 5.32 Å². The predicted octanol–water partition coefficient (Wildman–Crippen LogP) is 4.14. The second-order valence-electron chi connectivity index (χ2n) is 8.25. The summed E-state index contributed by atoms with van der Waals surface area (Å²) in [6.07, 6.45) is 3.60. The van der Waals surface area contributed by atoms with Crippen LogP contribution in [-0.4, -0.2) is 50.4 Å². The van der Waals surface area contributed by atoms with Crippen LogP contribution in [0.2, 0.25) is 0 Å². The number of fused-ring (bicyclic) bond motifs is 1. The summed E-state index contributed by atoms with van der Waals surface area (Å²) < 4.78 is 39.4. The lowest BCUT2D eigenvalue weighted by Crippen LogP contribution is -2.42. The molecule has 4 rings (SSSR count). The fourth-order valence-electron chi connectivity index (χ4n) is 3.99. The van der Waals surface area contributed by atoms with Gasteiger partial charge in [-0.05, 0) is 31.4 Å². The Morgan fingerprint density at radius 3 is 2.77 bits per heavy atom. The number of rotatable bonds is 6. The number of nitriles is 1. The van der Waals surface area contributed by atoms with Crippen molar-refractivity contribution in [3.8, 4) is 17.5 Å². The number of piperidine rings is 1. The molecule has 0 radical (unpaired) electrons. The van der Waals surface area contributed by atoms with E-state index in [9.17, 15) is 18.0 Å². The lowest BCUT2D eigenvalue weighted by molar-refractivity contribution is -0.137. The topological polar surface area (TPSA) is 111 Å². The molecular formula is C24H24F3N7O. The fraction of sp³-hybridized carbons (Fsp3) is 0.375. The van der Waals surface area contributed by atoms with E-state index >= 15 is 0 Å². The first-order chi connectivity index (χ1) is 16.8. The molecule has 182 valence electrons. The first kappa shape index (κ1) is 24.2. The Morgan fingerprint density at radius 1 is 1.31 bits per heavy atom. The minimum atomic E-state index is -4.49. The van der Waals surface area contributed by atoms with E-state index < -0.39 is 11.7 Å². The standard InChI is InChI=1S/C24H24F3N7O/c1-2-3-18(30-14-21(35)34-8-5-15(11-28)6-9-34)17-12-31-23-22(17)33-20(13-32-23)19-10-16(4-7-29-19)24(25,26)27/h3-4,7,10,12-13,15,30H,2,5-6,8-9,14H2,1H3,(H,31,32)/b18-3+. The molecule has 0 bridgehead atoms. The molecule has 0 saturated carbocycles. The van der Waals surface area contributed by atoms with Gasteiger partial charge in [-0.2, -0.15) is 18.4 Å². The Balaban J connectivity index is 1.56. The first-order valence-corrected chi connectivity index (χ1v) is 11.3. The Morgan fingerprint density at radius 2 is 2.09 bits per heavy atom. The minimum absolute atomic E-state index is 0.00661. The summed E-state index contributed by atoms with van der Waals surface area (Å²) in [5.74, 6) is -0.0731. The number of halogens is 3. The predicted molar refractivity (Wildman–Crippen MR) is 123 cm³/mol. The highest BCUT2D eigenvalue weighted by atomic mass is 19.4. The zero-order valence-corrected chi connectivity index (χ0v) is 19.1. The second-order valence-corrected chi connectivity index (χ2v) is 8.25. The number of H-pyrrole nitrogens is 1. The van der Waals surface area contributed by atoms with Gasteiger partial charge in [0.25, 0.3) is 0 Å². The molecular weight excluding hydrogens is 459 g/mol. The molecule has 0 aliphatic carbocycles. The van der Waals surface area contributed by atoms with E-state index in [1.807, 2.05) is 13.0 Å². The van der Waals surface area contributed by atoms with Gasteiger partial charge in [-0.25, -0.2) is 9.97 Å². The number of amides is 1. The van der Waals surface area contributed by atoms with Gasteiger partial charge in [-0.3, -0.25) is 9.78 Å². The van der Waals surface area contributed by atoms with Crippen molar-refractivity contribution in [2.45, 2.75) is 32.4 Å². The van der Waals surface area contributed by atoms with Gasteiger partial charge < -0.3 is 15.2 Å². The maximum Gasteiger partial charge on any atom is 0.416 e. The molecule has 8 nitrogen and oxygen atoms in total. The molecule has 4 heterocycles. The number of carbonyl (C=O) groups is 1. The number of pyridine rings is 1. The molecule has 1 saturated heterocycles. The fourth-order valence-corrected chi connectivity index (χ4v) is 3.99. The van der Waals surface area contributed by atoms with Crippen LogP contribution in [0.25, 0.3) is 28.2 Å². The molecule has 3 aromatic heterocycles. The molecule has 0 atom stereocenters. The number of hydrogen-bond acceptors (Lipinski definition) is 6. The van der Waals surface area contributed by atoms with Crippen LogP contribution in [0.4, 0.5) is 13.2 Å². The third-order valence-corrected chi connectivity index (χ3v) is 5.89. The number of alkyl halides is 3. The molecule has 1 aliphatic heterocycles. The van der Waals surface area contributed by atoms with Crippen LogP contribution in [0.15, 0.2) is 36.8 Å². The number of hydrogen-bond donors (Lipinski definition) is 2. The van der Waals surface area contributed by atoms with Crippen molar-refractivity contribution in [2.75, 3.05) is 19.6 Å². The summed E-state index contributed by atoms with van der Waals surface area (Å²) in [7, 11) is 0. The third kappa shape index (κ3) is 5.42. The normalized spacial score (nSPS) is 15.3. The van der Waals surface area contributed by atoms with E-state index in [1.54, 1.807) is 11.1 Å². The van der Waals surface area contributed by atoms with Crippen LogP contribution in [0.5, 0.6) is 0 Å². The molecule has 1 fully saturated rings. The van der Waals surface area contributed by atoms with E-state index in [4.69, 9.17) is 5.26 Å². The summed E-state index contributed by atoms with van der Waals surface area (Å²) >= 11 is 0. The average molecular weight is 483 g/mol. The number of aromatic amines is 1. The van der Waals surface area contributed by atoms with Gasteiger partial charge in [0.2, 0.25) is 5.91 Å². The number of nitrogens with one attached hydrogen (secondary N) is 2. The smallest absolute Gasteiger partial charge is 0.376 e. The Kier molecular flexibility index (Phi) is 7.00. The van der Waals surface area contributed by atoms with Gasteiger partial charge >= 0.3 is 6.18 Å². The highest BCUT2D eigenvalue weighted by molar-refractivity contribution is 5.89. The summed E-state index contributed by atoms with van der Waals surface area (Å²) in [4.78, 5) is 30.3. The molecule has 1 aliphatic rings. The highest BCUT2D eigenvalue weighted by Gasteiger charge is 2.31. The van der Waals surface area contributed by atoms with Gasteiger partial charge in [-0.15, -0.1) is 0 Å². The van der Waals surface area contributed by atoms with Crippen molar-refractivity contribution < 1.29 is 18.0 Å². The SMILES string of the molecule is CC/C=C(/NCC(=O)N1CCC(C#N)CC1)c1c[nH]c2ncc(-c3cc(C(F)(F)F)ccn3)nc12. The molecule has 2 N–H and O–H groups in total. The van der Waals surface area contributed by atoms with E-state index in [0.29, 0.717) is 54.8 Å². The maximum atomic E-state index is 13.1. The monoisotopic (exact) mass is 483 g/mol. The summed E-state index contributed by atoms with van der Waals surface area (Å²) in [5.41, 5.74) is 1.69.